The highest BCUT2D eigenvalue weighted by Crippen LogP contribution is 2.37. The molecule has 34 heavy (non-hydrogen) atoms. The molecule has 0 bridgehead atoms. The van der Waals surface area contributed by atoms with Crippen molar-refractivity contribution in [1.82, 2.24) is 25.1 Å². The molecule has 0 saturated heterocycles. The van der Waals surface area contributed by atoms with E-state index in [0.29, 0.717) is 26.9 Å². The van der Waals surface area contributed by atoms with Crippen LogP contribution in [-0.2, 0) is 6.54 Å². The van der Waals surface area contributed by atoms with Gasteiger partial charge in [-0.15, -0.1) is 0 Å². The Morgan fingerprint density at radius 3 is 2.68 bits per heavy atom. The van der Waals surface area contributed by atoms with E-state index >= 15 is 0 Å². The molecule has 2 N–H and O–H groups in total. The normalized spacial score (nSPS) is 15.8. The summed E-state index contributed by atoms with van der Waals surface area (Å²) in [6.45, 7) is 4.19. The summed E-state index contributed by atoms with van der Waals surface area (Å²) in [5, 5.41) is 18.5. The van der Waals surface area contributed by atoms with Crippen LogP contribution >= 0.6 is 23.2 Å². The third-order valence-corrected chi connectivity index (χ3v) is 6.77. The molecule has 1 saturated carbocycles. The molecule has 1 aromatic carbocycles. The first kappa shape index (κ1) is 24.4. The van der Waals surface area contributed by atoms with Crippen LogP contribution in [0, 0.1) is 11.2 Å². The zero-order valence-corrected chi connectivity index (χ0v) is 20.4. The van der Waals surface area contributed by atoms with Gasteiger partial charge in [0.15, 0.2) is 0 Å². The van der Waals surface area contributed by atoms with E-state index in [1.165, 1.54) is 12.3 Å². The van der Waals surface area contributed by atoms with Gasteiger partial charge in [-0.05, 0) is 55.4 Å². The van der Waals surface area contributed by atoms with Gasteiger partial charge in [-0.2, -0.15) is 5.10 Å². The summed E-state index contributed by atoms with van der Waals surface area (Å²) in [5.74, 6) is -0.607. The topological polar surface area (TPSA) is 83.3 Å². The second kappa shape index (κ2) is 9.90. The molecule has 1 aliphatic rings. The molecule has 0 aliphatic heterocycles. The molecule has 0 atom stereocenters. The van der Waals surface area contributed by atoms with Crippen LogP contribution in [0.2, 0.25) is 10.0 Å². The zero-order chi connectivity index (χ0) is 24.5. The van der Waals surface area contributed by atoms with Crippen LogP contribution in [0.4, 0.5) is 9.18 Å². The van der Waals surface area contributed by atoms with E-state index in [9.17, 15) is 14.4 Å². The van der Waals surface area contributed by atoms with Crippen molar-refractivity contribution >= 4 is 29.2 Å². The molecule has 0 spiro atoms. The number of hydrogen-bond donors (Lipinski definition) is 2. The molecule has 1 aliphatic carbocycles. The molecule has 2 amide bonds. The van der Waals surface area contributed by atoms with Crippen molar-refractivity contribution in [3.8, 4) is 16.8 Å². The van der Waals surface area contributed by atoms with E-state index < -0.39 is 11.8 Å². The number of pyridine rings is 1. The van der Waals surface area contributed by atoms with E-state index in [1.54, 1.807) is 35.3 Å². The maximum absolute atomic E-state index is 14.9. The Morgan fingerprint density at radius 1 is 1.29 bits per heavy atom. The maximum Gasteiger partial charge on any atom is 0.341 e. The summed E-state index contributed by atoms with van der Waals surface area (Å²) in [4.78, 5) is 16.6. The molecular weight excluding hydrogens is 480 g/mol. The van der Waals surface area contributed by atoms with Crippen LogP contribution in [0.25, 0.3) is 16.8 Å². The van der Waals surface area contributed by atoms with Crippen molar-refractivity contribution < 1.29 is 14.4 Å². The van der Waals surface area contributed by atoms with Gasteiger partial charge in [0.05, 0.1) is 29.0 Å². The minimum absolute atomic E-state index is 0.0454. The number of hydrogen-bond acceptors (Lipinski definition) is 4. The van der Waals surface area contributed by atoms with Crippen molar-refractivity contribution in [3.05, 3.63) is 64.4 Å². The van der Waals surface area contributed by atoms with Crippen LogP contribution in [0.1, 0.15) is 45.2 Å². The largest absolute Gasteiger partial charge is 0.341 e. The fourth-order valence-electron chi connectivity index (χ4n) is 4.20. The lowest BCUT2D eigenvalue weighted by molar-refractivity contribution is -0.0943. The predicted octanol–water partition coefficient (Wildman–Crippen LogP) is 6.25. The number of halogens is 3. The second-order valence-corrected chi connectivity index (χ2v) is 10.1. The standard InChI is InChI=1S/C24H26Cl2FN5O2/c1-24(2)6-4-17(5-7-24)32(34)23(33)29-14-21-20(27)10-15(13-28-21)18-11-16(25)12-19(26)22(18)31-9-3-8-30-31/h3,8-13,17,34H,4-7,14H2,1-2H3,(H,29,33). The van der Waals surface area contributed by atoms with Gasteiger partial charge in [0.1, 0.15) is 5.82 Å². The molecule has 2 aromatic heterocycles. The van der Waals surface area contributed by atoms with Gasteiger partial charge in [0, 0.05) is 34.7 Å². The van der Waals surface area contributed by atoms with E-state index in [0.717, 1.165) is 30.7 Å². The minimum Gasteiger partial charge on any atom is -0.330 e. The van der Waals surface area contributed by atoms with Crippen molar-refractivity contribution in [2.75, 3.05) is 0 Å². The first-order chi connectivity index (χ1) is 16.1. The summed E-state index contributed by atoms with van der Waals surface area (Å²) >= 11 is 12.6. The average Bonchev–Trinajstić information content (AvgIpc) is 3.31. The number of amides is 2. The number of hydroxylamine groups is 2. The Balaban J connectivity index is 1.48. The predicted molar refractivity (Wildman–Crippen MR) is 129 cm³/mol. The first-order valence-corrected chi connectivity index (χ1v) is 11.8. The van der Waals surface area contributed by atoms with E-state index in [4.69, 9.17) is 23.2 Å². The highest BCUT2D eigenvalue weighted by Gasteiger charge is 2.31. The molecule has 0 radical (unpaired) electrons. The lowest BCUT2D eigenvalue weighted by atomic mass is 9.75. The Morgan fingerprint density at radius 2 is 2.03 bits per heavy atom. The van der Waals surface area contributed by atoms with Gasteiger partial charge in [0.25, 0.3) is 0 Å². The molecule has 10 heteroatoms. The van der Waals surface area contributed by atoms with Gasteiger partial charge in [-0.1, -0.05) is 37.0 Å². The van der Waals surface area contributed by atoms with Crippen molar-refractivity contribution in [1.29, 1.82) is 0 Å². The highest BCUT2D eigenvalue weighted by atomic mass is 35.5. The molecule has 0 unspecified atom stereocenters. The fourth-order valence-corrected chi connectivity index (χ4v) is 4.78. The smallest absolute Gasteiger partial charge is 0.330 e. The lowest BCUT2D eigenvalue weighted by Gasteiger charge is -2.37. The zero-order valence-electron chi connectivity index (χ0n) is 18.9. The third-order valence-electron chi connectivity index (χ3n) is 6.26. The van der Waals surface area contributed by atoms with E-state index in [-0.39, 0.29) is 23.7 Å². The molecular formula is C24H26Cl2FN5O2. The van der Waals surface area contributed by atoms with Gasteiger partial charge >= 0.3 is 6.03 Å². The van der Waals surface area contributed by atoms with Crippen LogP contribution in [-0.4, -0.2) is 37.1 Å². The quantitative estimate of drug-likeness (QED) is 0.317. The van der Waals surface area contributed by atoms with Crippen molar-refractivity contribution in [2.45, 2.75) is 52.1 Å². The Labute approximate surface area is 207 Å². The molecule has 7 nitrogen and oxygen atoms in total. The average molecular weight is 506 g/mol. The summed E-state index contributed by atoms with van der Waals surface area (Å²) in [5.41, 5.74) is 1.82. The Kier molecular flexibility index (Phi) is 7.12. The number of nitrogens with one attached hydrogen (secondary N) is 1. The van der Waals surface area contributed by atoms with Crippen LogP contribution < -0.4 is 5.32 Å². The third kappa shape index (κ3) is 5.35. The molecule has 1 fully saturated rings. The SMILES string of the molecule is CC1(C)CCC(N(O)C(=O)NCc2ncc(-c3cc(Cl)cc(Cl)c3-n3cccn3)cc2F)CC1. The maximum atomic E-state index is 14.9. The van der Waals surface area contributed by atoms with Gasteiger partial charge in [0.2, 0.25) is 0 Å². The van der Waals surface area contributed by atoms with Crippen LogP contribution in [0.3, 0.4) is 0 Å². The number of carbonyl (C=O) groups is 1. The van der Waals surface area contributed by atoms with E-state index in [1.807, 2.05) is 0 Å². The molecule has 2 heterocycles. The van der Waals surface area contributed by atoms with Gasteiger partial charge < -0.3 is 5.32 Å². The molecule has 4 rings (SSSR count). The number of urea groups is 1. The van der Waals surface area contributed by atoms with Crippen molar-refractivity contribution in [2.24, 2.45) is 5.41 Å². The number of benzene rings is 1. The Bertz CT molecular complexity index is 1180. The number of aromatic nitrogens is 3. The second-order valence-electron chi connectivity index (χ2n) is 9.29. The number of nitrogens with zero attached hydrogens (tertiary/aromatic N) is 4. The first-order valence-electron chi connectivity index (χ1n) is 11.0. The summed E-state index contributed by atoms with van der Waals surface area (Å²) in [7, 11) is 0. The minimum atomic E-state index is -0.669. The summed E-state index contributed by atoms with van der Waals surface area (Å²) in [6, 6.07) is 5.39. The Hall–Kier alpha value is -2.68. The molecule has 3 aromatic rings. The van der Waals surface area contributed by atoms with Crippen LogP contribution in [0.5, 0.6) is 0 Å². The number of rotatable bonds is 5. The summed E-state index contributed by atoms with van der Waals surface area (Å²) in [6.07, 6.45) is 8.11. The van der Waals surface area contributed by atoms with Gasteiger partial charge in [-0.3, -0.25) is 10.2 Å². The van der Waals surface area contributed by atoms with Crippen molar-refractivity contribution in [3.63, 3.8) is 0 Å². The van der Waals surface area contributed by atoms with E-state index in [2.05, 4.69) is 29.2 Å². The highest BCUT2D eigenvalue weighted by molar-refractivity contribution is 6.36. The summed E-state index contributed by atoms with van der Waals surface area (Å²) < 4.78 is 16.5. The fraction of sp³-hybridized carbons (Fsp3) is 0.375. The molecule has 180 valence electrons. The number of carbonyl (C=O) groups excluding carboxylic acids is 1. The van der Waals surface area contributed by atoms with Gasteiger partial charge in [-0.25, -0.2) is 18.9 Å². The lowest BCUT2D eigenvalue weighted by Crippen LogP contribution is -2.46. The van der Waals surface area contributed by atoms with Crippen LogP contribution in [0.15, 0.2) is 42.9 Å². The monoisotopic (exact) mass is 505 g/mol.